The molecule has 16 heavy (non-hydrogen) atoms. The topological polar surface area (TPSA) is 70.4 Å². The largest absolute Gasteiger partial charge is 0.382 e. The first-order chi connectivity index (χ1) is 7.54. The maximum atomic E-state index is 10.9. The van der Waals surface area contributed by atoms with Crippen molar-refractivity contribution in [2.24, 2.45) is 0 Å². The van der Waals surface area contributed by atoms with E-state index in [0.717, 1.165) is 0 Å². The Morgan fingerprint density at radius 1 is 1.44 bits per heavy atom. The molecule has 1 aromatic heterocycles. The van der Waals surface area contributed by atoms with E-state index in [0.29, 0.717) is 26.4 Å². The molecular formula is C8H13ClN2O4S. The van der Waals surface area contributed by atoms with Crippen LogP contribution in [0.5, 0.6) is 0 Å². The monoisotopic (exact) mass is 268 g/mol. The van der Waals surface area contributed by atoms with Crippen LogP contribution < -0.4 is 0 Å². The van der Waals surface area contributed by atoms with E-state index in [1.54, 1.807) is 11.7 Å². The highest BCUT2D eigenvalue weighted by atomic mass is 35.7. The van der Waals surface area contributed by atoms with Crippen molar-refractivity contribution in [1.82, 2.24) is 9.55 Å². The van der Waals surface area contributed by atoms with Gasteiger partial charge in [0, 0.05) is 30.5 Å². The van der Waals surface area contributed by atoms with Gasteiger partial charge in [-0.15, -0.1) is 0 Å². The first kappa shape index (κ1) is 13.4. The number of hydrogen-bond donors (Lipinski definition) is 0. The number of nitrogens with zero attached hydrogens (tertiary/aromatic N) is 2. The third-order valence-electron chi connectivity index (χ3n) is 1.78. The van der Waals surface area contributed by atoms with E-state index in [2.05, 4.69) is 4.98 Å². The van der Waals surface area contributed by atoms with Crippen molar-refractivity contribution >= 4 is 19.7 Å². The van der Waals surface area contributed by atoms with Crippen molar-refractivity contribution in [2.45, 2.75) is 11.6 Å². The summed E-state index contributed by atoms with van der Waals surface area (Å²) in [5.74, 6) is 0. The summed E-state index contributed by atoms with van der Waals surface area (Å²) in [6.07, 6.45) is 2.76. The Kier molecular flexibility index (Phi) is 5.20. The zero-order chi connectivity index (χ0) is 12.0. The molecule has 0 spiro atoms. The second-order valence-electron chi connectivity index (χ2n) is 2.99. The van der Waals surface area contributed by atoms with Crippen LogP contribution in [0, 0.1) is 0 Å². The zero-order valence-electron chi connectivity index (χ0n) is 8.80. The molecule has 1 rings (SSSR count). The number of hydrogen-bond acceptors (Lipinski definition) is 5. The molecular weight excluding hydrogens is 256 g/mol. The lowest BCUT2D eigenvalue weighted by Crippen LogP contribution is -2.08. The van der Waals surface area contributed by atoms with Crippen LogP contribution in [0.2, 0.25) is 0 Å². The van der Waals surface area contributed by atoms with Gasteiger partial charge in [-0.2, -0.15) is 0 Å². The Morgan fingerprint density at radius 2 is 2.19 bits per heavy atom. The average Bonchev–Trinajstić information content (AvgIpc) is 2.65. The number of aromatic nitrogens is 2. The molecule has 0 N–H and O–H groups in total. The lowest BCUT2D eigenvalue weighted by atomic mass is 10.6. The van der Waals surface area contributed by atoms with Crippen molar-refractivity contribution in [3.63, 3.8) is 0 Å². The number of methoxy groups -OCH3 is 1. The molecule has 0 fully saturated rings. The molecule has 1 aromatic rings. The van der Waals surface area contributed by atoms with Crippen molar-refractivity contribution in [1.29, 1.82) is 0 Å². The van der Waals surface area contributed by atoms with Gasteiger partial charge in [0.05, 0.1) is 26.1 Å². The summed E-state index contributed by atoms with van der Waals surface area (Å²) >= 11 is 0. The minimum atomic E-state index is -3.74. The lowest BCUT2D eigenvalue weighted by molar-refractivity contribution is 0.0666. The summed E-state index contributed by atoms with van der Waals surface area (Å²) in [5, 5.41) is -0.147. The second kappa shape index (κ2) is 6.19. The van der Waals surface area contributed by atoms with Gasteiger partial charge >= 0.3 is 0 Å². The summed E-state index contributed by atoms with van der Waals surface area (Å²) in [6, 6.07) is 0. The van der Waals surface area contributed by atoms with E-state index >= 15 is 0 Å². The Labute approximate surface area is 98.6 Å². The fraction of sp³-hybridized carbons (Fsp3) is 0.625. The van der Waals surface area contributed by atoms with Crippen LogP contribution in [-0.2, 0) is 25.1 Å². The number of rotatable bonds is 7. The molecule has 0 saturated heterocycles. The molecule has 0 aliphatic heterocycles. The van der Waals surface area contributed by atoms with Gasteiger partial charge in [-0.05, 0) is 0 Å². The maximum absolute atomic E-state index is 10.9. The SMILES string of the molecule is COCCOCCn1cnc(S(=O)(=O)Cl)c1. The molecule has 0 saturated carbocycles. The summed E-state index contributed by atoms with van der Waals surface area (Å²) in [5.41, 5.74) is 0. The molecule has 0 unspecified atom stereocenters. The van der Waals surface area contributed by atoms with Crippen LogP contribution >= 0.6 is 10.7 Å². The molecule has 0 bridgehead atoms. The van der Waals surface area contributed by atoms with Crippen molar-refractivity contribution < 1.29 is 17.9 Å². The third kappa shape index (κ3) is 4.48. The number of imidazole rings is 1. The molecule has 0 amide bonds. The smallest absolute Gasteiger partial charge is 0.280 e. The Bertz CT molecular complexity index is 417. The van der Waals surface area contributed by atoms with Gasteiger partial charge in [0.1, 0.15) is 0 Å². The van der Waals surface area contributed by atoms with E-state index in [1.165, 1.54) is 12.5 Å². The summed E-state index contributed by atoms with van der Waals surface area (Å²) in [4.78, 5) is 3.67. The predicted molar refractivity (Wildman–Crippen MR) is 58.0 cm³/mol. The van der Waals surface area contributed by atoms with Crippen LogP contribution in [0.3, 0.4) is 0 Å². The van der Waals surface area contributed by atoms with Crippen LogP contribution in [0.15, 0.2) is 17.6 Å². The highest BCUT2D eigenvalue weighted by molar-refractivity contribution is 8.13. The van der Waals surface area contributed by atoms with Gasteiger partial charge in [0.15, 0.2) is 5.03 Å². The van der Waals surface area contributed by atoms with Crippen LogP contribution in [0.1, 0.15) is 0 Å². The van der Waals surface area contributed by atoms with Crippen molar-refractivity contribution in [3.05, 3.63) is 12.5 Å². The minimum absolute atomic E-state index is 0.147. The van der Waals surface area contributed by atoms with E-state index in [-0.39, 0.29) is 5.03 Å². The number of ether oxygens (including phenoxy) is 2. The highest BCUT2D eigenvalue weighted by Gasteiger charge is 2.12. The van der Waals surface area contributed by atoms with E-state index in [4.69, 9.17) is 20.2 Å². The maximum Gasteiger partial charge on any atom is 0.280 e. The minimum Gasteiger partial charge on any atom is -0.382 e. The second-order valence-corrected chi connectivity index (χ2v) is 5.51. The quantitative estimate of drug-likeness (QED) is 0.531. The normalized spacial score (nSPS) is 11.9. The van der Waals surface area contributed by atoms with Crippen molar-refractivity contribution in [3.8, 4) is 0 Å². The fourth-order valence-electron chi connectivity index (χ4n) is 1.00. The summed E-state index contributed by atoms with van der Waals surface area (Å²) < 4.78 is 33.4. The Hall–Kier alpha value is -0.630. The Morgan fingerprint density at radius 3 is 2.75 bits per heavy atom. The lowest BCUT2D eigenvalue weighted by Gasteiger charge is -2.03. The first-order valence-corrected chi connectivity index (χ1v) is 6.88. The molecule has 8 heteroatoms. The number of halogens is 1. The predicted octanol–water partition coefficient (Wildman–Crippen LogP) is 0.474. The van der Waals surface area contributed by atoms with E-state index in [9.17, 15) is 8.42 Å². The first-order valence-electron chi connectivity index (χ1n) is 4.57. The van der Waals surface area contributed by atoms with Gasteiger partial charge in [0.25, 0.3) is 9.05 Å². The average molecular weight is 269 g/mol. The molecule has 0 atom stereocenters. The third-order valence-corrected chi connectivity index (χ3v) is 2.97. The van der Waals surface area contributed by atoms with Gasteiger partial charge < -0.3 is 14.0 Å². The molecule has 92 valence electrons. The Balaban J connectivity index is 2.36. The van der Waals surface area contributed by atoms with Crippen molar-refractivity contribution in [2.75, 3.05) is 26.9 Å². The standard InChI is InChI=1S/C8H13ClN2O4S/c1-14-4-5-15-3-2-11-6-8(10-7-11)16(9,12)13/h6-7H,2-5H2,1H3. The molecule has 6 nitrogen and oxygen atoms in total. The molecule has 0 aliphatic rings. The molecule has 0 aliphatic carbocycles. The highest BCUT2D eigenvalue weighted by Crippen LogP contribution is 2.10. The fourth-order valence-corrected chi connectivity index (χ4v) is 1.68. The van der Waals surface area contributed by atoms with Crippen LogP contribution in [-0.4, -0.2) is 44.9 Å². The van der Waals surface area contributed by atoms with Gasteiger partial charge in [-0.1, -0.05) is 0 Å². The molecule has 1 heterocycles. The summed E-state index contributed by atoms with van der Waals surface area (Å²) in [6.45, 7) is 2.02. The zero-order valence-corrected chi connectivity index (χ0v) is 10.4. The molecule has 0 aromatic carbocycles. The molecule has 0 radical (unpaired) electrons. The van der Waals surface area contributed by atoms with Crippen LogP contribution in [0.4, 0.5) is 0 Å². The van der Waals surface area contributed by atoms with Gasteiger partial charge in [0.2, 0.25) is 0 Å². The van der Waals surface area contributed by atoms with E-state index in [1.807, 2.05) is 0 Å². The van der Waals surface area contributed by atoms with E-state index < -0.39 is 9.05 Å². The van der Waals surface area contributed by atoms with Gasteiger partial charge in [-0.3, -0.25) is 0 Å². The van der Waals surface area contributed by atoms with Crippen LogP contribution in [0.25, 0.3) is 0 Å². The summed E-state index contributed by atoms with van der Waals surface area (Å²) in [7, 11) is 2.98. The van der Waals surface area contributed by atoms with Gasteiger partial charge in [-0.25, -0.2) is 13.4 Å².